The second kappa shape index (κ2) is 8.06. The highest BCUT2D eigenvalue weighted by atomic mass is 16.6. The summed E-state index contributed by atoms with van der Waals surface area (Å²) in [5.41, 5.74) is 6.51. The van der Waals surface area contributed by atoms with Crippen LogP contribution in [0.4, 0.5) is 5.69 Å². The zero-order valence-electron chi connectivity index (χ0n) is 18.5. The molecule has 0 spiro atoms. The largest absolute Gasteiger partial charge is 0.488 e. The molecule has 164 valence electrons. The van der Waals surface area contributed by atoms with Gasteiger partial charge in [-0.05, 0) is 42.2 Å². The molecule has 0 fully saturated rings. The van der Waals surface area contributed by atoms with Gasteiger partial charge in [-0.3, -0.25) is 14.8 Å². The molecular weight excluding hydrogens is 414 g/mol. The maximum absolute atomic E-state index is 11.4. The Hall–Kier alpha value is -4.19. The summed E-state index contributed by atoms with van der Waals surface area (Å²) in [5, 5.41) is 17.0. The van der Waals surface area contributed by atoms with E-state index in [1.54, 1.807) is 18.2 Å². The lowest BCUT2D eigenvalue weighted by atomic mass is 9.87. The van der Waals surface area contributed by atoms with Gasteiger partial charge in [-0.1, -0.05) is 49.1 Å². The first-order chi connectivity index (χ1) is 16.0. The first-order valence-electron chi connectivity index (χ1n) is 10.8. The molecule has 0 amide bonds. The molecule has 1 aliphatic rings. The third kappa shape index (κ3) is 3.49. The minimum Gasteiger partial charge on any atom is -0.488 e. The molecule has 33 heavy (non-hydrogen) atoms. The van der Waals surface area contributed by atoms with Crippen molar-refractivity contribution < 1.29 is 9.66 Å². The summed E-state index contributed by atoms with van der Waals surface area (Å²) in [6.45, 7) is 8.68. The van der Waals surface area contributed by atoms with E-state index in [-0.39, 0.29) is 16.7 Å². The molecule has 2 heterocycles. The average Bonchev–Trinajstić information content (AvgIpc) is 3.17. The van der Waals surface area contributed by atoms with E-state index in [4.69, 9.17) is 4.74 Å². The van der Waals surface area contributed by atoms with Gasteiger partial charge in [0.15, 0.2) is 0 Å². The van der Waals surface area contributed by atoms with E-state index < -0.39 is 0 Å². The average molecular weight is 437 g/mol. The Labute approximate surface area is 191 Å². The van der Waals surface area contributed by atoms with Crippen molar-refractivity contribution in [2.24, 2.45) is 0 Å². The summed E-state index contributed by atoms with van der Waals surface area (Å²) in [5.74, 6) is 0.751. The van der Waals surface area contributed by atoms with Gasteiger partial charge in [-0.25, -0.2) is 0 Å². The summed E-state index contributed by atoms with van der Waals surface area (Å²) < 4.78 is 8.27. The Morgan fingerprint density at radius 3 is 2.73 bits per heavy atom. The lowest BCUT2D eigenvalue weighted by Gasteiger charge is -2.16. The molecule has 0 saturated heterocycles. The van der Waals surface area contributed by atoms with E-state index in [2.05, 4.69) is 37.7 Å². The number of hydrogen-bond donors (Lipinski definition) is 0. The van der Waals surface area contributed by atoms with Crippen LogP contribution in [0.5, 0.6) is 5.75 Å². The molecule has 0 atom stereocenters. The predicted octanol–water partition coefficient (Wildman–Crippen LogP) is 6.56. The molecule has 0 saturated carbocycles. The van der Waals surface area contributed by atoms with E-state index in [9.17, 15) is 10.1 Å². The van der Waals surface area contributed by atoms with Gasteiger partial charge >= 0.3 is 0 Å². The lowest BCUT2D eigenvalue weighted by Crippen LogP contribution is -2.02. The maximum atomic E-state index is 11.4. The predicted molar refractivity (Wildman–Crippen MR) is 130 cm³/mol. The van der Waals surface area contributed by atoms with Crippen LogP contribution in [0.15, 0.2) is 79.5 Å². The molecule has 0 radical (unpaired) electrons. The highest BCUT2D eigenvalue weighted by Gasteiger charge is 2.24. The van der Waals surface area contributed by atoms with E-state index in [0.717, 1.165) is 50.1 Å². The summed E-state index contributed by atoms with van der Waals surface area (Å²) in [4.78, 5) is 11.1. The van der Waals surface area contributed by atoms with Crippen molar-refractivity contribution in [1.82, 2.24) is 9.78 Å². The number of ether oxygens (including phenoxy) is 1. The van der Waals surface area contributed by atoms with Crippen LogP contribution in [0, 0.1) is 10.1 Å². The van der Waals surface area contributed by atoms with Crippen molar-refractivity contribution in [2.45, 2.75) is 26.5 Å². The highest BCUT2D eigenvalue weighted by molar-refractivity contribution is 6.06. The highest BCUT2D eigenvalue weighted by Crippen LogP contribution is 2.43. The first-order valence-corrected chi connectivity index (χ1v) is 10.8. The van der Waals surface area contributed by atoms with Crippen LogP contribution in [-0.4, -0.2) is 14.7 Å². The molecule has 6 nitrogen and oxygen atoms in total. The Balaban J connectivity index is 1.86. The van der Waals surface area contributed by atoms with E-state index >= 15 is 0 Å². The molecule has 0 bridgehead atoms. The Kier molecular flexibility index (Phi) is 5.05. The van der Waals surface area contributed by atoms with Gasteiger partial charge in [0.2, 0.25) is 0 Å². The van der Waals surface area contributed by atoms with Gasteiger partial charge in [0.1, 0.15) is 12.4 Å². The zero-order valence-corrected chi connectivity index (χ0v) is 18.5. The summed E-state index contributed by atoms with van der Waals surface area (Å²) in [7, 11) is 0. The van der Waals surface area contributed by atoms with Crippen LogP contribution in [0.3, 0.4) is 0 Å². The number of rotatable bonds is 4. The van der Waals surface area contributed by atoms with Crippen LogP contribution in [0.25, 0.3) is 22.0 Å². The summed E-state index contributed by atoms with van der Waals surface area (Å²) in [6, 6.07) is 19.1. The number of aromatic nitrogens is 2. The van der Waals surface area contributed by atoms with Crippen LogP contribution in [0.1, 0.15) is 42.1 Å². The second-order valence-corrected chi connectivity index (χ2v) is 8.34. The Bertz CT molecular complexity index is 1450. The van der Waals surface area contributed by atoms with Crippen LogP contribution < -0.4 is 4.74 Å². The van der Waals surface area contributed by atoms with Gasteiger partial charge in [-0.15, -0.1) is 0 Å². The first kappa shape index (κ1) is 20.7. The molecule has 0 N–H and O–H groups in total. The minimum absolute atomic E-state index is 0.0412. The molecule has 4 aromatic rings. The van der Waals surface area contributed by atoms with E-state index in [1.165, 1.54) is 6.07 Å². The Morgan fingerprint density at radius 2 is 1.97 bits per heavy atom. The number of hydrogen-bond acceptors (Lipinski definition) is 4. The van der Waals surface area contributed by atoms with Gasteiger partial charge in [-0.2, -0.15) is 5.10 Å². The summed E-state index contributed by atoms with van der Waals surface area (Å²) in [6.07, 6.45) is 3.63. The van der Waals surface area contributed by atoms with Gasteiger partial charge in [0.25, 0.3) is 5.69 Å². The fourth-order valence-electron chi connectivity index (χ4n) is 4.43. The molecule has 1 aromatic heterocycles. The standard InChI is InChI=1S/C27H23N3O3/c1-4-22(18-9-7-10-21(12-18)30(31)32)27-23-11-6-5-8-19(23)16-33-26-14-25-20(13-24(26)27)15-28-29(25)17(2)3/h4-15,17H,1,16H2,2-3H3. The fraction of sp³-hybridized carbons (Fsp3) is 0.148. The normalized spacial score (nSPS) is 14.3. The number of allylic oxidation sites excluding steroid dienone is 2. The minimum atomic E-state index is -0.378. The van der Waals surface area contributed by atoms with Crippen molar-refractivity contribution >= 4 is 27.7 Å². The number of nitrogens with zero attached hydrogens (tertiary/aromatic N) is 3. The van der Waals surface area contributed by atoms with E-state index in [1.807, 2.05) is 41.2 Å². The van der Waals surface area contributed by atoms with Crippen LogP contribution in [0.2, 0.25) is 0 Å². The van der Waals surface area contributed by atoms with Gasteiger partial charge < -0.3 is 4.74 Å². The smallest absolute Gasteiger partial charge is 0.270 e. The van der Waals surface area contributed by atoms with Crippen molar-refractivity contribution in [3.05, 3.63) is 112 Å². The molecular formula is C27H23N3O3. The molecule has 0 unspecified atom stereocenters. The third-order valence-corrected chi connectivity index (χ3v) is 5.97. The monoisotopic (exact) mass is 437 g/mol. The topological polar surface area (TPSA) is 70.2 Å². The quantitative estimate of drug-likeness (QED) is 0.268. The van der Waals surface area contributed by atoms with Crippen molar-refractivity contribution in [3.63, 3.8) is 0 Å². The third-order valence-electron chi connectivity index (χ3n) is 5.97. The molecule has 6 heteroatoms. The molecule has 0 aliphatic carbocycles. The second-order valence-electron chi connectivity index (χ2n) is 8.34. The van der Waals surface area contributed by atoms with Crippen molar-refractivity contribution in [2.75, 3.05) is 0 Å². The molecule has 5 rings (SSSR count). The molecule has 1 aliphatic heterocycles. The van der Waals surface area contributed by atoms with Gasteiger partial charge in [0, 0.05) is 40.8 Å². The zero-order chi connectivity index (χ0) is 23.1. The number of nitro groups is 1. The van der Waals surface area contributed by atoms with Crippen LogP contribution >= 0.6 is 0 Å². The summed E-state index contributed by atoms with van der Waals surface area (Å²) >= 11 is 0. The number of fused-ring (bicyclic) bond motifs is 3. The van der Waals surface area contributed by atoms with Crippen molar-refractivity contribution in [3.8, 4) is 5.75 Å². The lowest BCUT2D eigenvalue weighted by molar-refractivity contribution is -0.384. The number of non-ortho nitro benzene ring substituents is 1. The maximum Gasteiger partial charge on any atom is 0.270 e. The number of nitro benzene ring substituents is 1. The molecule has 3 aromatic carbocycles. The fourth-order valence-corrected chi connectivity index (χ4v) is 4.43. The van der Waals surface area contributed by atoms with Crippen LogP contribution in [-0.2, 0) is 6.61 Å². The van der Waals surface area contributed by atoms with E-state index in [0.29, 0.717) is 6.61 Å². The Morgan fingerprint density at radius 1 is 1.15 bits per heavy atom. The van der Waals surface area contributed by atoms with Crippen molar-refractivity contribution in [1.29, 1.82) is 0 Å². The van der Waals surface area contributed by atoms with Gasteiger partial charge in [0.05, 0.1) is 16.6 Å². The SMILES string of the molecule is C=CC(=C1c2ccccc2COc2cc3c(cnn3C(C)C)cc21)c1cccc([N+](=O)[O-])c1. The number of benzene rings is 3.